The first kappa shape index (κ1) is 14.4. The Morgan fingerprint density at radius 3 is 2.58 bits per heavy atom. The number of hydrogen-bond donors (Lipinski definition) is 1. The lowest BCUT2D eigenvalue weighted by molar-refractivity contribution is 0.0258. The molecule has 19 heavy (non-hydrogen) atoms. The van der Waals surface area contributed by atoms with Crippen LogP contribution in [0.5, 0.6) is 0 Å². The van der Waals surface area contributed by atoms with Crippen LogP contribution in [0.2, 0.25) is 0 Å². The maximum atomic E-state index is 5.75. The first-order valence-corrected chi connectivity index (χ1v) is 7.06. The summed E-state index contributed by atoms with van der Waals surface area (Å²) in [6.45, 7) is 2.55. The van der Waals surface area contributed by atoms with Crippen molar-refractivity contribution >= 4 is 0 Å². The molecule has 1 aliphatic carbocycles. The van der Waals surface area contributed by atoms with Gasteiger partial charge in [0.25, 0.3) is 0 Å². The molecule has 4 heteroatoms. The number of nitrogens with zero attached hydrogens (tertiary/aromatic N) is 3. The van der Waals surface area contributed by atoms with Gasteiger partial charge in [0, 0.05) is 31.4 Å². The van der Waals surface area contributed by atoms with E-state index >= 15 is 0 Å². The van der Waals surface area contributed by atoms with Crippen LogP contribution < -0.4 is 5.73 Å². The van der Waals surface area contributed by atoms with Gasteiger partial charge in [-0.05, 0) is 52.0 Å². The smallest absolute Gasteiger partial charge is 0.0584 e. The number of hydrogen-bond acceptors (Lipinski definition) is 4. The Hall–Kier alpha value is -0.970. The van der Waals surface area contributed by atoms with Gasteiger partial charge in [0.05, 0.1) is 5.69 Å². The summed E-state index contributed by atoms with van der Waals surface area (Å²) in [5, 5.41) is 0. The minimum absolute atomic E-state index is 0.375. The van der Waals surface area contributed by atoms with Crippen molar-refractivity contribution in [3.05, 3.63) is 29.6 Å². The second kappa shape index (κ2) is 5.99. The molecule has 0 radical (unpaired) electrons. The molecule has 4 nitrogen and oxygen atoms in total. The van der Waals surface area contributed by atoms with Gasteiger partial charge in [-0.3, -0.25) is 4.98 Å². The zero-order valence-corrected chi connectivity index (χ0v) is 12.4. The van der Waals surface area contributed by atoms with Crippen LogP contribution in [0.1, 0.15) is 30.5 Å². The van der Waals surface area contributed by atoms with Gasteiger partial charge < -0.3 is 15.5 Å². The quantitative estimate of drug-likeness (QED) is 0.843. The maximum Gasteiger partial charge on any atom is 0.0584 e. The van der Waals surface area contributed by atoms with E-state index in [1.807, 2.05) is 12.3 Å². The highest BCUT2D eigenvalue weighted by Crippen LogP contribution is 2.36. The van der Waals surface area contributed by atoms with E-state index in [1.54, 1.807) is 0 Å². The summed E-state index contributed by atoms with van der Waals surface area (Å²) >= 11 is 0. The molecule has 106 valence electrons. The molecule has 0 atom stereocenters. The van der Waals surface area contributed by atoms with Crippen molar-refractivity contribution in [2.45, 2.75) is 37.9 Å². The third-order valence-electron chi connectivity index (χ3n) is 4.42. The van der Waals surface area contributed by atoms with Crippen molar-refractivity contribution in [2.24, 2.45) is 5.73 Å². The minimum atomic E-state index is 0.375. The van der Waals surface area contributed by atoms with Crippen molar-refractivity contribution in [2.75, 3.05) is 27.7 Å². The van der Waals surface area contributed by atoms with Crippen LogP contribution in [0.4, 0.5) is 0 Å². The Bertz CT molecular complexity index is 412. The summed E-state index contributed by atoms with van der Waals surface area (Å²) in [6, 6.07) is 4.13. The van der Waals surface area contributed by atoms with Crippen LogP contribution in [0.15, 0.2) is 18.3 Å². The monoisotopic (exact) mass is 262 g/mol. The van der Waals surface area contributed by atoms with E-state index in [2.05, 4.69) is 42.0 Å². The van der Waals surface area contributed by atoms with E-state index in [9.17, 15) is 0 Å². The molecular formula is C15H26N4. The second-order valence-electron chi connectivity index (χ2n) is 5.96. The summed E-state index contributed by atoms with van der Waals surface area (Å²) in [7, 11) is 6.58. The molecule has 1 aromatic rings. The lowest BCUT2D eigenvalue weighted by Gasteiger charge is -2.49. The Morgan fingerprint density at radius 1 is 1.32 bits per heavy atom. The number of rotatable bonds is 6. The highest BCUT2D eigenvalue weighted by Gasteiger charge is 2.39. The Balaban J connectivity index is 1.99. The molecule has 0 spiro atoms. The molecular weight excluding hydrogens is 236 g/mol. The fraction of sp³-hybridized carbons (Fsp3) is 0.667. The summed E-state index contributed by atoms with van der Waals surface area (Å²) in [5.41, 5.74) is 8.39. The molecule has 1 aliphatic rings. The Labute approximate surface area is 116 Å². The van der Waals surface area contributed by atoms with E-state index in [0.29, 0.717) is 12.1 Å². The highest BCUT2D eigenvalue weighted by molar-refractivity contribution is 5.19. The first-order chi connectivity index (χ1) is 9.07. The Kier molecular flexibility index (Phi) is 4.55. The van der Waals surface area contributed by atoms with Crippen LogP contribution in [-0.4, -0.2) is 48.0 Å². The van der Waals surface area contributed by atoms with Crippen molar-refractivity contribution in [3.63, 3.8) is 0 Å². The SMILES string of the molecule is CN(Cc1cccnc1CN)CC1(N(C)C)CCC1. The average Bonchev–Trinajstić information content (AvgIpc) is 2.34. The van der Waals surface area contributed by atoms with E-state index in [1.165, 1.54) is 24.8 Å². The number of pyridine rings is 1. The molecule has 0 amide bonds. The van der Waals surface area contributed by atoms with Gasteiger partial charge in [0.1, 0.15) is 0 Å². The standard InChI is InChI=1S/C15H26N4/c1-18(2)15(7-5-8-15)12-19(3)11-13-6-4-9-17-14(13)10-16/h4,6,9H,5,7-8,10-12,16H2,1-3H3. The third kappa shape index (κ3) is 3.14. The lowest BCUT2D eigenvalue weighted by Crippen LogP contribution is -2.56. The molecule has 0 aromatic carbocycles. The largest absolute Gasteiger partial charge is 0.325 e. The van der Waals surface area contributed by atoms with Gasteiger partial charge in [0.2, 0.25) is 0 Å². The van der Waals surface area contributed by atoms with Crippen molar-refractivity contribution in [3.8, 4) is 0 Å². The van der Waals surface area contributed by atoms with Crippen molar-refractivity contribution < 1.29 is 0 Å². The fourth-order valence-electron chi connectivity index (χ4n) is 2.98. The van der Waals surface area contributed by atoms with E-state index < -0.39 is 0 Å². The zero-order valence-electron chi connectivity index (χ0n) is 12.4. The Morgan fingerprint density at radius 2 is 2.05 bits per heavy atom. The molecule has 1 saturated carbocycles. The molecule has 1 aromatic heterocycles. The molecule has 1 fully saturated rings. The van der Waals surface area contributed by atoms with Gasteiger partial charge >= 0.3 is 0 Å². The van der Waals surface area contributed by atoms with Crippen molar-refractivity contribution in [1.29, 1.82) is 0 Å². The van der Waals surface area contributed by atoms with Gasteiger partial charge in [-0.25, -0.2) is 0 Å². The van der Waals surface area contributed by atoms with Crippen molar-refractivity contribution in [1.82, 2.24) is 14.8 Å². The zero-order chi connectivity index (χ0) is 13.9. The van der Waals surface area contributed by atoms with E-state index in [-0.39, 0.29) is 0 Å². The fourth-order valence-corrected chi connectivity index (χ4v) is 2.98. The van der Waals surface area contributed by atoms with Gasteiger partial charge in [-0.2, -0.15) is 0 Å². The van der Waals surface area contributed by atoms with E-state index in [4.69, 9.17) is 5.73 Å². The van der Waals surface area contributed by atoms with Crippen LogP contribution in [-0.2, 0) is 13.1 Å². The average molecular weight is 262 g/mol. The predicted octanol–water partition coefficient (Wildman–Crippen LogP) is 1.46. The lowest BCUT2D eigenvalue weighted by atomic mass is 9.75. The topological polar surface area (TPSA) is 45.4 Å². The maximum absolute atomic E-state index is 5.75. The van der Waals surface area contributed by atoms with Crippen LogP contribution in [0.25, 0.3) is 0 Å². The normalized spacial score (nSPS) is 17.8. The summed E-state index contributed by atoms with van der Waals surface area (Å²) < 4.78 is 0. The van der Waals surface area contributed by atoms with Gasteiger partial charge in [-0.15, -0.1) is 0 Å². The summed E-state index contributed by atoms with van der Waals surface area (Å²) in [5.74, 6) is 0. The molecule has 0 unspecified atom stereocenters. The van der Waals surface area contributed by atoms with E-state index in [0.717, 1.165) is 18.8 Å². The van der Waals surface area contributed by atoms with Crippen LogP contribution in [0, 0.1) is 0 Å². The van der Waals surface area contributed by atoms with Gasteiger partial charge in [0.15, 0.2) is 0 Å². The first-order valence-electron chi connectivity index (χ1n) is 7.06. The molecule has 2 N–H and O–H groups in total. The summed E-state index contributed by atoms with van der Waals surface area (Å²) in [4.78, 5) is 9.14. The molecule has 0 bridgehead atoms. The third-order valence-corrected chi connectivity index (χ3v) is 4.42. The summed E-state index contributed by atoms with van der Waals surface area (Å²) in [6.07, 6.45) is 5.79. The highest BCUT2D eigenvalue weighted by atomic mass is 15.2. The number of likely N-dealkylation sites (N-methyl/N-ethyl adjacent to an activating group) is 2. The molecule has 1 heterocycles. The molecule has 2 rings (SSSR count). The van der Waals surface area contributed by atoms with Crippen LogP contribution in [0.3, 0.4) is 0 Å². The van der Waals surface area contributed by atoms with Crippen LogP contribution >= 0.6 is 0 Å². The number of nitrogens with two attached hydrogens (primary N) is 1. The molecule has 0 saturated heterocycles. The van der Waals surface area contributed by atoms with Gasteiger partial charge in [-0.1, -0.05) is 6.07 Å². The predicted molar refractivity (Wildman–Crippen MR) is 78.7 cm³/mol. The molecule has 0 aliphatic heterocycles. The number of aromatic nitrogens is 1. The second-order valence-corrected chi connectivity index (χ2v) is 5.96. The minimum Gasteiger partial charge on any atom is -0.325 e.